The number of benzene rings is 3. The first-order chi connectivity index (χ1) is 18.8. The molecule has 0 bridgehead atoms. The molecular weight excluding hydrogens is 496 g/mol. The van der Waals surface area contributed by atoms with Gasteiger partial charge >= 0.3 is 5.97 Å². The molecule has 8 heteroatoms. The smallest absolute Gasteiger partial charge is 0.343 e. The lowest BCUT2D eigenvalue weighted by molar-refractivity contribution is -0.123. The van der Waals surface area contributed by atoms with E-state index in [1.807, 2.05) is 39.0 Å². The van der Waals surface area contributed by atoms with E-state index in [9.17, 15) is 9.59 Å². The van der Waals surface area contributed by atoms with Gasteiger partial charge in [-0.15, -0.1) is 0 Å². The van der Waals surface area contributed by atoms with E-state index < -0.39 is 5.97 Å². The second-order valence-electron chi connectivity index (χ2n) is 9.18. The molecule has 3 aromatic carbocycles. The molecule has 3 rings (SSSR count). The van der Waals surface area contributed by atoms with E-state index >= 15 is 0 Å². The summed E-state index contributed by atoms with van der Waals surface area (Å²) in [6.07, 6.45) is 2.38. The number of rotatable bonds is 13. The van der Waals surface area contributed by atoms with Crippen molar-refractivity contribution in [3.05, 3.63) is 82.9 Å². The predicted octanol–water partition coefficient (Wildman–Crippen LogP) is 6.05. The Bertz CT molecular complexity index is 1280. The molecule has 8 nitrogen and oxygen atoms in total. The number of hydrogen-bond donors (Lipinski definition) is 1. The molecule has 0 unspecified atom stereocenters. The molecule has 0 atom stereocenters. The lowest BCUT2D eigenvalue weighted by Crippen LogP contribution is -2.25. The van der Waals surface area contributed by atoms with Crippen molar-refractivity contribution >= 4 is 18.1 Å². The van der Waals surface area contributed by atoms with Gasteiger partial charge in [0.25, 0.3) is 5.91 Å². The molecule has 0 fully saturated rings. The summed E-state index contributed by atoms with van der Waals surface area (Å²) in [4.78, 5) is 24.9. The molecule has 0 heterocycles. The van der Waals surface area contributed by atoms with Gasteiger partial charge in [0.15, 0.2) is 18.1 Å². The Morgan fingerprint density at radius 2 is 1.67 bits per heavy atom. The Morgan fingerprint density at radius 3 is 2.36 bits per heavy atom. The van der Waals surface area contributed by atoms with Crippen molar-refractivity contribution in [2.24, 2.45) is 5.10 Å². The van der Waals surface area contributed by atoms with Crippen LogP contribution < -0.4 is 24.4 Å². The van der Waals surface area contributed by atoms with Gasteiger partial charge in [-0.2, -0.15) is 5.10 Å². The first-order valence-electron chi connectivity index (χ1n) is 13.1. The molecule has 0 saturated heterocycles. The number of hydrazone groups is 1. The standard InChI is InChI=1S/C31H36N2O6/c1-6-16-37-25-12-10-24(11-13-25)31(35)39-27-15-9-23(18-29(27)36-7-2)19-32-33-30(34)20-38-28-17-22(5)8-14-26(28)21(3)4/h8-15,17-19,21H,6-7,16,20H2,1-5H3,(H,33,34)/b32-19-. The van der Waals surface area contributed by atoms with Gasteiger partial charge in [0.05, 0.1) is 25.0 Å². The van der Waals surface area contributed by atoms with Gasteiger partial charge in [-0.3, -0.25) is 4.79 Å². The highest BCUT2D eigenvalue weighted by molar-refractivity contribution is 5.92. The van der Waals surface area contributed by atoms with E-state index in [1.54, 1.807) is 42.5 Å². The van der Waals surface area contributed by atoms with Crippen LogP contribution in [0.2, 0.25) is 0 Å². The summed E-state index contributed by atoms with van der Waals surface area (Å²) in [5, 5.41) is 4.02. The molecule has 0 aromatic heterocycles. The fraction of sp³-hybridized carbons (Fsp3) is 0.323. The van der Waals surface area contributed by atoms with Gasteiger partial charge in [-0.1, -0.05) is 32.9 Å². The maximum atomic E-state index is 12.7. The lowest BCUT2D eigenvalue weighted by Gasteiger charge is -2.14. The molecule has 0 radical (unpaired) electrons. The topological polar surface area (TPSA) is 95.5 Å². The van der Waals surface area contributed by atoms with Gasteiger partial charge < -0.3 is 18.9 Å². The van der Waals surface area contributed by atoms with Crippen LogP contribution in [-0.4, -0.2) is 37.9 Å². The van der Waals surface area contributed by atoms with Crippen LogP contribution in [-0.2, 0) is 4.79 Å². The fourth-order valence-corrected chi connectivity index (χ4v) is 3.62. The number of carbonyl (C=O) groups excluding carboxylic acids is 2. The molecule has 39 heavy (non-hydrogen) atoms. The summed E-state index contributed by atoms with van der Waals surface area (Å²) in [7, 11) is 0. The Balaban J connectivity index is 1.59. The third-order valence-electron chi connectivity index (χ3n) is 5.59. The quantitative estimate of drug-likeness (QED) is 0.125. The largest absolute Gasteiger partial charge is 0.494 e. The number of nitrogens with one attached hydrogen (secondary N) is 1. The number of carbonyl (C=O) groups is 2. The second-order valence-corrected chi connectivity index (χ2v) is 9.18. The average molecular weight is 533 g/mol. The van der Waals surface area contributed by atoms with Gasteiger partial charge in [-0.25, -0.2) is 10.2 Å². The molecule has 0 aliphatic rings. The highest BCUT2D eigenvalue weighted by Gasteiger charge is 2.14. The number of nitrogens with zero attached hydrogens (tertiary/aromatic N) is 1. The van der Waals surface area contributed by atoms with Crippen molar-refractivity contribution in [3.63, 3.8) is 0 Å². The van der Waals surface area contributed by atoms with E-state index in [4.69, 9.17) is 18.9 Å². The normalized spacial score (nSPS) is 10.9. The van der Waals surface area contributed by atoms with Crippen molar-refractivity contribution in [3.8, 4) is 23.0 Å². The minimum Gasteiger partial charge on any atom is -0.494 e. The monoisotopic (exact) mass is 532 g/mol. The number of esters is 1. The highest BCUT2D eigenvalue weighted by atomic mass is 16.6. The molecule has 0 saturated carbocycles. The minimum atomic E-state index is -0.513. The summed E-state index contributed by atoms with van der Waals surface area (Å²) >= 11 is 0. The highest BCUT2D eigenvalue weighted by Crippen LogP contribution is 2.29. The van der Waals surface area contributed by atoms with Gasteiger partial charge in [0, 0.05) is 0 Å². The van der Waals surface area contributed by atoms with Crippen LogP contribution in [0.4, 0.5) is 0 Å². The third kappa shape index (κ3) is 8.88. The summed E-state index contributed by atoms with van der Waals surface area (Å²) in [6.45, 7) is 10.8. The molecule has 1 N–H and O–H groups in total. The van der Waals surface area contributed by atoms with Gasteiger partial charge in [-0.05, 0) is 91.4 Å². The molecular formula is C31H36N2O6. The zero-order valence-corrected chi connectivity index (χ0v) is 23.2. The summed E-state index contributed by atoms with van der Waals surface area (Å²) < 4.78 is 22.5. The van der Waals surface area contributed by atoms with Crippen LogP contribution in [0.1, 0.15) is 67.1 Å². The lowest BCUT2D eigenvalue weighted by atomic mass is 10.0. The van der Waals surface area contributed by atoms with E-state index in [0.717, 1.165) is 17.5 Å². The predicted molar refractivity (Wildman–Crippen MR) is 151 cm³/mol. The van der Waals surface area contributed by atoms with Gasteiger partial charge in [0.1, 0.15) is 11.5 Å². The second kappa shape index (κ2) is 14.6. The number of aryl methyl sites for hydroxylation is 1. The summed E-state index contributed by atoms with van der Waals surface area (Å²) in [5.74, 6) is 1.42. The number of hydrogen-bond acceptors (Lipinski definition) is 7. The van der Waals surface area contributed by atoms with E-state index in [1.165, 1.54) is 6.21 Å². The maximum Gasteiger partial charge on any atom is 0.343 e. The van der Waals surface area contributed by atoms with Crippen molar-refractivity contribution in [2.45, 2.75) is 47.0 Å². The van der Waals surface area contributed by atoms with E-state index in [2.05, 4.69) is 24.4 Å². The van der Waals surface area contributed by atoms with E-state index in [-0.39, 0.29) is 24.2 Å². The fourth-order valence-electron chi connectivity index (χ4n) is 3.62. The molecule has 3 aromatic rings. The molecule has 0 aliphatic heterocycles. The third-order valence-corrected chi connectivity index (χ3v) is 5.59. The minimum absolute atomic E-state index is 0.161. The van der Waals surface area contributed by atoms with E-state index in [0.29, 0.717) is 41.6 Å². The van der Waals surface area contributed by atoms with Crippen LogP contribution >= 0.6 is 0 Å². The Morgan fingerprint density at radius 1 is 0.897 bits per heavy atom. The Kier molecular flexibility index (Phi) is 10.9. The Labute approximate surface area is 229 Å². The molecule has 206 valence electrons. The van der Waals surface area contributed by atoms with Crippen molar-refractivity contribution in [1.82, 2.24) is 5.43 Å². The molecule has 1 amide bonds. The van der Waals surface area contributed by atoms with Crippen molar-refractivity contribution in [2.75, 3.05) is 19.8 Å². The first-order valence-corrected chi connectivity index (χ1v) is 13.1. The van der Waals surface area contributed by atoms with Crippen molar-refractivity contribution in [1.29, 1.82) is 0 Å². The Hall–Kier alpha value is -4.33. The molecule has 0 spiro atoms. The zero-order valence-electron chi connectivity index (χ0n) is 23.2. The van der Waals surface area contributed by atoms with Crippen LogP contribution in [0.3, 0.4) is 0 Å². The van der Waals surface area contributed by atoms with Crippen LogP contribution in [0.5, 0.6) is 23.0 Å². The maximum absolute atomic E-state index is 12.7. The van der Waals surface area contributed by atoms with Crippen LogP contribution in [0.15, 0.2) is 65.8 Å². The summed E-state index contributed by atoms with van der Waals surface area (Å²) in [6, 6.07) is 17.8. The zero-order chi connectivity index (χ0) is 28.2. The number of ether oxygens (including phenoxy) is 4. The molecule has 0 aliphatic carbocycles. The first kappa shape index (κ1) is 29.2. The van der Waals surface area contributed by atoms with Crippen LogP contribution in [0, 0.1) is 6.92 Å². The van der Waals surface area contributed by atoms with Crippen LogP contribution in [0.25, 0.3) is 0 Å². The SMILES string of the molecule is CCCOc1ccc(C(=O)Oc2ccc(/C=N\NC(=O)COc3cc(C)ccc3C(C)C)cc2OCC)cc1. The number of amides is 1. The summed E-state index contributed by atoms with van der Waals surface area (Å²) in [5.41, 5.74) is 5.61. The van der Waals surface area contributed by atoms with Crippen molar-refractivity contribution < 1.29 is 28.5 Å². The average Bonchev–Trinajstić information content (AvgIpc) is 2.92. The van der Waals surface area contributed by atoms with Gasteiger partial charge in [0.2, 0.25) is 0 Å².